The van der Waals surface area contributed by atoms with Crippen molar-refractivity contribution in [2.75, 3.05) is 13.1 Å². The summed E-state index contributed by atoms with van der Waals surface area (Å²) in [4.78, 5) is 16.8. The van der Waals surface area contributed by atoms with E-state index in [2.05, 4.69) is 46.9 Å². The van der Waals surface area contributed by atoms with Crippen molar-refractivity contribution in [1.82, 2.24) is 29.5 Å². The maximum Gasteiger partial charge on any atom is 0.252 e. The molecule has 0 saturated carbocycles. The lowest BCUT2D eigenvalue weighted by Crippen LogP contribution is -2.34. The number of thiazole rings is 1. The summed E-state index contributed by atoms with van der Waals surface area (Å²) < 4.78 is 2.85. The minimum atomic E-state index is 0.464. The maximum absolute atomic E-state index is 4.44. The molecule has 0 aromatic carbocycles. The molecule has 1 aliphatic heterocycles. The van der Waals surface area contributed by atoms with Crippen molar-refractivity contribution < 1.29 is 0 Å². The van der Waals surface area contributed by atoms with E-state index in [9.17, 15) is 0 Å². The zero-order chi connectivity index (χ0) is 15.8. The summed E-state index contributed by atoms with van der Waals surface area (Å²) in [5.41, 5.74) is 2.23. The Morgan fingerprint density at radius 3 is 3.13 bits per heavy atom. The fourth-order valence-corrected chi connectivity index (χ4v) is 4.67. The van der Waals surface area contributed by atoms with Gasteiger partial charge in [0.25, 0.3) is 5.78 Å². The molecule has 0 aliphatic carbocycles. The second-order valence-electron chi connectivity index (χ2n) is 5.95. The molecule has 1 aliphatic rings. The molecule has 120 valence electrons. The van der Waals surface area contributed by atoms with Gasteiger partial charge in [-0.1, -0.05) is 0 Å². The van der Waals surface area contributed by atoms with E-state index in [-0.39, 0.29) is 0 Å². The lowest BCUT2D eigenvalue weighted by molar-refractivity contribution is 0.199. The van der Waals surface area contributed by atoms with Gasteiger partial charge in [-0.05, 0) is 48.3 Å². The van der Waals surface area contributed by atoms with Crippen LogP contribution < -0.4 is 0 Å². The highest BCUT2D eigenvalue weighted by Crippen LogP contribution is 2.29. The molecular weight excluding hydrogens is 376 g/mol. The molecule has 8 heteroatoms. The van der Waals surface area contributed by atoms with Crippen molar-refractivity contribution in [3.63, 3.8) is 0 Å². The number of piperidine rings is 1. The Kier molecular flexibility index (Phi) is 4.13. The molecule has 4 rings (SSSR count). The van der Waals surface area contributed by atoms with Crippen LogP contribution in [0.3, 0.4) is 0 Å². The van der Waals surface area contributed by atoms with E-state index in [4.69, 9.17) is 0 Å². The van der Waals surface area contributed by atoms with Crippen LogP contribution in [0.25, 0.3) is 5.78 Å². The van der Waals surface area contributed by atoms with Crippen molar-refractivity contribution >= 4 is 33.0 Å². The van der Waals surface area contributed by atoms with Crippen molar-refractivity contribution in [3.8, 4) is 0 Å². The van der Waals surface area contributed by atoms with Crippen molar-refractivity contribution in [3.05, 3.63) is 38.8 Å². The predicted octanol–water partition coefficient (Wildman–Crippen LogP) is 3.03. The number of rotatable bonds is 3. The van der Waals surface area contributed by atoms with Gasteiger partial charge in [0.05, 0.1) is 5.69 Å². The van der Waals surface area contributed by atoms with Gasteiger partial charge in [-0.25, -0.2) is 14.5 Å². The molecule has 6 nitrogen and oxygen atoms in total. The minimum Gasteiger partial charge on any atom is -0.298 e. The predicted molar refractivity (Wildman–Crippen MR) is 92.6 cm³/mol. The molecule has 1 fully saturated rings. The maximum atomic E-state index is 4.44. The highest BCUT2D eigenvalue weighted by molar-refractivity contribution is 9.11. The third-order valence-electron chi connectivity index (χ3n) is 4.24. The van der Waals surface area contributed by atoms with Crippen molar-refractivity contribution in [2.45, 2.75) is 32.2 Å². The Hall–Kier alpha value is -1.38. The lowest BCUT2D eigenvalue weighted by atomic mass is 9.94. The average Bonchev–Trinajstić information content (AvgIpc) is 3.15. The second-order valence-corrected chi connectivity index (χ2v) is 8.34. The van der Waals surface area contributed by atoms with Crippen LogP contribution in [0.5, 0.6) is 0 Å². The molecule has 0 amide bonds. The molecule has 0 spiro atoms. The van der Waals surface area contributed by atoms with Gasteiger partial charge in [-0.2, -0.15) is 10.1 Å². The number of halogens is 1. The van der Waals surface area contributed by atoms with Crippen LogP contribution in [0.15, 0.2) is 22.5 Å². The molecule has 23 heavy (non-hydrogen) atoms. The largest absolute Gasteiger partial charge is 0.298 e. The van der Waals surface area contributed by atoms with Crippen LogP contribution >= 0.6 is 27.3 Å². The number of aryl methyl sites for hydroxylation is 1. The highest BCUT2D eigenvalue weighted by Gasteiger charge is 2.24. The van der Waals surface area contributed by atoms with Crippen LogP contribution in [-0.2, 0) is 6.54 Å². The molecular formula is C15H17BrN6S. The van der Waals surface area contributed by atoms with Gasteiger partial charge in [0.1, 0.15) is 6.33 Å². The molecule has 0 radical (unpaired) electrons. The van der Waals surface area contributed by atoms with Gasteiger partial charge in [0.2, 0.25) is 0 Å². The summed E-state index contributed by atoms with van der Waals surface area (Å²) in [6.07, 6.45) is 5.93. The Morgan fingerprint density at radius 2 is 2.30 bits per heavy atom. The molecule has 1 unspecified atom stereocenters. The third kappa shape index (κ3) is 3.15. The molecule has 3 aromatic heterocycles. The van der Waals surface area contributed by atoms with Crippen molar-refractivity contribution in [1.29, 1.82) is 0 Å². The highest BCUT2D eigenvalue weighted by atomic mass is 79.9. The van der Waals surface area contributed by atoms with Crippen LogP contribution in [0.4, 0.5) is 0 Å². The summed E-state index contributed by atoms with van der Waals surface area (Å²) in [6, 6.07) is 2.15. The molecule has 4 heterocycles. The number of fused-ring (bicyclic) bond motifs is 1. The molecule has 0 N–H and O–H groups in total. The number of aromatic nitrogens is 5. The third-order valence-corrected chi connectivity index (χ3v) is 5.70. The Morgan fingerprint density at radius 1 is 1.39 bits per heavy atom. The summed E-state index contributed by atoms with van der Waals surface area (Å²) in [5, 5.41) is 4.36. The number of hydrogen-bond acceptors (Lipinski definition) is 6. The fraction of sp³-hybridized carbons (Fsp3) is 0.467. The Bertz CT molecular complexity index is 828. The molecule has 3 aromatic rings. The van der Waals surface area contributed by atoms with E-state index in [1.165, 1.54) is 23.4 Å². The first-order valence-electron chi connectivity index (χ1n) is 7.69. The fourth-order valence-electron chi connectivity index (χ4n) is 3.27. The van der Waals surface area contributed by atoms with E-state index < -0.39 is 0 Å². The van der Waals surface area contributed by atoms with Gasteiger partial charge >= 0.3 is 0 Å². The van der Waals surface area contributed by atoms with E-state index >= 15 is 0 Å². The number of hydrogen-bond donors (Lipinski definition) is 0. The number of likely N-dealkylation sites (tertiary alicyclic amines) is 1. The SMILES string of the molecule is Cc1cc(C2CCCN(Cc3cnc(Br)s3)C2)n2ncnc2n1. The van der Waals surface area contributed by atoms with Crippen molar-refractivity contribution in [2.24, 2.45) is 0 Å². The zero-order valence-corrected chi connectivity index (χ0v) is 15.2. The van der Waals surface area contributed by atoms with E-state index in [0.717, 1.165) is 29.2 Å². The quantitative estimate of drug-likeness (QED) is 0.685. The van der Waals surface area contributed by atoms with Crippen LogP contribution in [0.2, 0.25) is 0 Å². The van der Waals surface area contributed by atoms with Crippen LogP contribution in [0, 0.1) is 6.92 Å². The van der Waals surface area contributed by atoms with E-state index in [1.807, 2.05) is 17.6 Å². The molecule has 1 saturated heterocycles. The topological polar surface area (TPSA) is 59.2 Å². The lowest BCUT2D eigenvalue weighted by Gasteiger charge is -2.32. The first-order valence-corrected chi connectivity index (χ1v) is 9.30. The van der Waals surface area contributed by atoms with Crippen LogP contribution in [0.1, 0.15) is 35.0 Å². The summed E-state index contributed by atoms with van der Waals surface area (Å²) in [6.45, 7) is 5.16. The minimum absolute atomic E-state index is 0.464. The standard InChI is InChI=1S/C15H17BrN6S/c1-10-5-13(22-15(20-10)18-9-19-22)11-3-2-4-21(7-11)8-12-6-17-14(16)23-12/h5-6,9,11H,2-4,7-8H2,1H3. The first kappa shape index (κ1) is 15.2. The van der Waals surface area contributed by atoms with E-state index in [0.29, 0.717) is 11.7 Å². The number of nitrogens with zero attached hydrogens (tertiary/aromatic N) is 6. The summed E-state index contributed by atoms with van der Waals surface area (Å²) in [5.74, 6) is 1.16. The summed E-state index contributed by atoms with van der Waals surface area (Å²) >= 11 is 5.15. The smallest absolute Gasteiger partial charge is 0.252 e. The van der Waals surface area contributed by atoms with Gasteiger partial charge < -0.3 is 0 Å². The van der Waals surface area contributed by atoms with Gasteiger partial charge in [-0.3, -0.25) is 4.90 Å². The Labute approximate surface area is 146 Å². The zero-order valence-electron chi connectivity index (χ0n) is 12.8. The molecule has 1 atom stereocenters. The average molecular weight is 393 g/mol. The van der Waals surface area contributed by atoms with E-state index in [1.54, 1.807) is 17.7 Å². The normalized spacial score (nSPS) is 19.5. The summed E-state index contributed by atoms with van der Waals surface area (Å²) in [7, 11) is 0. The van der Waals surface area contributed by atoms with Gasteiger partial charge in [0.15, 0.2) is 3.92 Å². The van der Waals surface area contributed by atoms with Gasteiger partial charge in [0, 0.05) is 35.8 Å². The van der Waals surface area contributed by atoms with Crippen LogP contribution in [-0.4, -0.2) is 42.6 Å². The second kappa shape index (κ2) is 6.26. The van der Waals surface area contributed by atoms with Gasteiger partial charge in [-0.15, -0.1) is 11.3 Å². The first-order chi connectivity index (χ1) is 11.2. The Balaban J connectivity index is 1.57. The molecule has 0 bridgehead atoms. The monoisotopic (exact) mass is 392 g/mol.